The zero-order chi connectivity index (χ0) is 11.6. The van der Waals surface area contributed by atoms with Gasteiger partial charge in [-0.25, -0.2) is 0 Å². The maximum Gasteiger partial charge on any atom is 0.131 e. The highest BCUT2D eigenvalue weighted by Crippen LogP contribution is 2.39. The van der Waals surface area contributed by atoms with Crippen LogP contribution in [0, 0.1) is 5.92 Å². The van der Waals surface area contributed by atoms with Crippen LogP contribution < -0.4 is 0 Å². The third-order valence-corrected chi connectivity index (χ3v) is 4.29. The first kappa shape index (κ1) is 12.1. The lowest BCUT2D eigenvalue weighted by Gasteiger charge is -2.47. The SMILES string of the molecule is CC(=O)CCN1CCC2(O)CCCCC2C1. The summed E-state index contributed by atoms with van der Waals surface area (Å²) in [5, 5.41) is 10.5. The predicted octanol–water partition coefficient (Wildman–Crippen LogP) is 1.59. The van der Waals surface area contributed by atoms with E-state index >= 15 is 0 Å². The molecule has 0 radical (unpaired) electrons. The van der Waals surface area contributed by atoms with Crippen molar-refractivity contribution in [1.82, 2.24) is 4.90 Å². The Morgan fingerprint density at radius 1 is 1.44 bits per heavy atom. The van der Waals surface area contributed by atoms with Gasteiger partial charge in [-0.2, -0.15) is 0 Å². The van der Waals surface area contributed by atoms with Gasteiger partial charge < -0.3 is 10.0 Å². The molecule has 1 saturated carbocycles. The Bertz CT molecular complexity index is 267. The summed E-state index contributed by atoms with van der Waals surface area (Å²) in [7, 11) is 0. The van der Waals surface area contributed by atoms with Crippen LogP contribution in [0.2, 0.25) is 0 Å². The van der Waals surface area contributed by atoms with Crippen LogP contribution in [0.5, 0.6) is 0 Å². The number of carbonyl (C=O) groups is 1. The van der Waals surface area contributed by atoms with E-state index in [9.17, 15) is 9.90 Å². The van der Waals surface area contributed by atoms with Crippen LogP contribution in [0.15, 0.2) is 0 Å². The first-order chi connectivity index (χ1) is 7.60. The normalized spacial score (nSPS) is 35.8. The molecule has 92 valence electrons. The van der Waals surface area contributed by atoms with Gasteiger partial charge in [-0.3, -0.25) is 4.79 Å². The van der Waals surface area contributed by atoms with Crippen molar-refractivity contribution in [3.63, 3.8) is 0 Å². The number of rotatable bonds is 3. The topological polar surface area (TPSA) is 40.5 Å². The molecule has 2 aliphatic rings. The minimum Gasteiger partial charge on any atom is -0.390 e. The van der Waals surface area contributed by atoms with Crippen molar-refractivity contribution in [2.75, 3.05) is 19.6 Å². The fourth-order valence-electron chi connectivity index (χ4n) is 3.16. The van der Waals surface area contributed by atoms with Crippen molar-refractivity contribution < 1.29 is 9.90 Å². The maximum absolute atomic E-state index is 11.0. The molecule has 1 heterocycles. The first-order valence-corrected chi connectivity index (χ1v) is 6.54. The molecule has 1 aliphatic heterocycles. The molecule has 2 fully saturated rings. The molecule has 1 aliphatic carbocycles. The van der Waals surface area contributed by atoms with Crippen LogP contribution in [0.3, 0.4) is 0 Å². The average Bonchev–Trinajstić information content (AvgIpc) is 2.26. The van der Waals surface area contributed by atoms with E-state index in [0.717, 1.165) is 38.9 Å². The molecule has 0 amide bonds. The number of fused-ring (bicyclic) bond motifs is 1. The average molecular weight is 225 g/mol. The Balaban J connectivity index is 1.87. The van der Waals surface area contributed by atoms with Crippen molar-refractivity contribution in [3.05, 3.63) is 0 Å². The Hall–Kier alpha value is -0.410. The van der Waals surface area contributed by atoms with Gasteiger partial charge in [0.1, 0.15) is 5.78 Å². The summed E-state index contributed by atoms with van der Waals surface area (Å²) in [4.78, 5) is 13.3. The number of piperidine rings is 1. The lowest BCUT2D eigenvalue weighted by atomic mass is 9.71. The van der Waals surface area contributed by atoms with Crippen LogP contribution in [-0.4, -0.2) is 41.0 Å². The number of ketones is 1. The maximum atomic E-state index is 11.0. The van der Waals surface area contributed by atoms with Gasteiger partial charge in [0.15, 0.2) is 0 Å². The van der Waals surface area contributed by atoms with Crippen molar-refractivity contribution in [1.29, 1.82) is 0 Å². The molecule has 2 rings (SSSR count). The van der Waals surface area contributed by atoms with Crippen molar-refractivity contribution in [3.8, 4) is 0 Å². The minimum absolute atomic E-state index is 0.268. The molecule has 1 saturated heterocycles. The molecule has 3 heteroatoms. The van der Waals surface area contributed by atoms with Crippen LogP contribution >= 0.6 is 0 Å². The van der Waals surface area contributed by atoms with E-state index in [0.29, 0.717) is 12.3 Å². The molecule has 2 atom stereocenters. The summed E-state index contributed by atoms with van der Waals surface area (Å²) < 4.78 is 0. The van der Waals surface area contributed by atoms with Gasteiger partial charge in [-0.1, -0.05) is 12.8 Å². The quantitative estimate of drug-likeness (QED) is 0.793. The van der Waals surface area contributed by atoms with Crippen LogP contribution in [0.4, 0.5) is 0 Å². The van der Waals surface area contributed by atoms with Crippen molar-refractivity contribution in [2.24, 2.45) is 5.92 Å². The number of aliphatic hydroxyl groups is 1. The van der Waals surface area contributed by atoms with Gasteiger partial charge in [0, 0.05) is 32.0 Å². The Morgan fingerprint density at radius 3 is 3.00 bits per heavy atom. The fourth-order valence-corrected chi connectivity index (χ4v) is 3.16. The molecular formula is C13H23NO2. The zero-order valence-corrected chi connectivity index (χ0v) is 10.2. The number of hydrogen-bond acceptors (Lipinski definition) is 3. The highest BCUT2D eigenvalue weighted by atomic mass is 16.3. The lowest BCUT2D eigenvalue weighted by molar-refractivity contribution is -0.118. The second-order valence-electron chi connectivity index (χ2n) is 5.55. The molecule has 0 spiro atoms. The molecule has 0 aromatic carbocycles. The summed E-state index contributed by atoms with van der Waals surface area (Å²) >= 11 is 0. The van der Waals surface area contributed by atoms with E-state index in [1.807, 2.05) is 0 Å². The molecule has 0 aromatic heterocycles. The number of nitrogens with zero attached hydrogens (tertiary/aromatic N) is 1. The lowest BCUT2D eigenvalue weighted by Crippen LogP contribution is -2.53. The Kier molecular flexibility index (Phi) is 3.65. The highest BCUT2D eigenvalue weighted by Gasteiger charge is 2.42. The summed E-state index contributed by atoms with van der Waals surface area (Å²) in [5.41, 5.74) is -0.384. The number of Topliss-reactive ketones (excluding diaryl/α,β-unsaturated/α-hetero) is 1. The van der Waals surface area contributed by atoms with E-state index in [-0.39, 0.29) is 11.4 Å². The molecule has 1 N–H and O–H groups in total. The summed E-state index contributed by atoms with van der Waals surface area (Å²) in [5.74, 6) is 0.714. The summed E-state index contributed by atoms with van der Waals surface area (Å²) in [6.07, 6.45) is 6.14. The van der Waals surface area contributed by atoms with E-state index in [1.54, 1.807) is 6.92 Å². The molecule has 0 bridgehead atoms. The van der Waals surface area contributed by atoms with Gasteiger partial charge in [0.25, 0.3) is 0 Å². The van der Waals surface area contributed by atoms with E-state index in [1.165, 1.54) is 12.8 Å². The van der Waals surface area contributed by atoms with Crippen LogP contribution in [0.1, 0.15) is 45.4 Å². The van der Waals surface area contributed by atoms with E-state index in [4.69, 9.17) is 0 Å². The van der Waals surface area contributed by atoms with Crippen LogP contribution in [0.25, 0.3) is 0 Å². The zero-order valence-electron chi connectivity index (χ0n) is 10.2. The predicted molar refractivity (Wildman–Crippen MR) is 63.3 cm³/mol. The second kappa shape index (κ2) is 4.84. The van der Waals surface area contributed by atoms with E-state index < -0.39 is 0 Å². The third kappa shape index (κ3) is 2.64. The third-order valence-electron chi connectivity index (χ3n) is 4.29. The van der Waals surface area contributed by atoms with Gasteiger partial charge in [-0.15, -0.1) is 0 Å². The highest BCUT2D eigenvalue weighted by molar-refractivity contribution is 5.75. The summed E-state index contributed by atoms with van der Waals surface area (Å²) in [6.45, 7) is 4.48. The molecule has 16 heavy (non-hydrogen) atoms. The van der Waals surface area contributed by atoms with Crippen molar-refractivity contribution in [2.45, 2.75) is 51.0 Å². The fraction of sp³-hybridized carbons (Fsp3) is 0.923. The first-order valence-electron chi connectivity index (χ1n) is 6.54. The van der Waals surface area contributed by atoms with E-state index in [2.05, 4.69) is 4.90 Å². The largest absolute Gasteiger partial charge is 0.390 e. The second-order valence-corrected chi connectivity index (χ2v) is 5.55. The monoisotopic (exact) mass is 225 g/mol. The Morgan fingerprint density at radius 2 is 2.25 bits per heavy atom. The molecule has 0 aromatic rings. The van der Waals surface area contributed by atoms with Gasteiger partial charge in [-0.05, 0) is 26.2 Å². The molecular weight excluding hydrogens is 202 g/mol. The minimum atomic E-state index is -0.384. The molecule has 3 nitrogen and oxygen atoms in total. The van der Waals surface area contributed by atoms with Crippen LogP contribution in [-0.2, 0) is 4.79 Å². The van der Waals surface area contributed by atoms with Crippen molar-refractivity contribution >= 4 is 5.78 Å². The molecule has 2 unspecified atom stereocenters. The van der Waals surface area contributed by atoms with Gasteiger partial charge >= 0.3 is 0 Å². The van der Waals surface area contributed by atoms with Gasteiger partial charge in [0.2, 0.25) is 0 Å². The number of likely N-dealkylation sites (tertiary alicyclic amines) is 1. The van der Waals surface area contributed by atoms with Gasteiger partial charge in [0.05, 0.1) is 5.60 Å². The number of carbonyl (C=O) groups excluding carboxylic acids is 1. The smallest absolute Gasteiger partial charge is 0.131 e. The number of hydrogen-bond donors (Lipinski definition) is 1. The summed E-state index contributed by atoms with van der Waals surface area (Å²) in [6, 6.07) is 0. The Labute approximate surface area is 97.8 Å². The standard InChI is InChI=1S/C13H23NO2/c1-11(15)5-8-14-9-7-13(16)6-3-2-4-12(13)10-14/h12,16H,2-10H2,1H3.